The summed E-state index contributed by atoms with van der Waals surface area (Å²) in [5.41, 5.74) is 0.663. The van der Waals surface area contributed by atoms with E-state index in [1.165, 1.54) is 18.2 Å². The first-order chi connectivity index (χ1) is 13.5. The minimum atomic E-state index is -0.785. The van der Waals surface area contributed by atoms with E-state index in [0.29, 0.717) is 25.1 Å². The molecule has 3 aromatic rings. The number of hydrogen-bond acceptors (Lipinski definition) is 4. The first-order valence-electron chi connectivity index (χ1n) is 8.86. The predicted molar refractivity (Wildman–Crippen MR) is 95.0 cm³/mol. The topological polar surface area (TPSA) is 59.2 Å². The van der Waals surface area contributed by atoms with Crippen LogP contribution in [0.4, 0.5) is 18.9 Å². The van der Waals surface area contributed by atoms with Gasteiger partial charge in [-0.15, -0.1) is 0 Å². The molecule has 0 bridgehead atoms. The zero-order valence-electron chi connectivity index (χ0n) is 14.7. The molecule has 2 aromatic carbocycles. The van der Waals surface area contributed by atoms with E-state index in [9.17, 15) is 18.0 Å². The number of carbonyl (C=O) groups is 1. The highest BCUT2D eigenvalue weighted by molar-refractivity contribution is 5.94. The van der Waals surface area contributed by atoms with Crippen LogP contribution < -0.4 is 4.90 Å². The minimum Gasteiger partial charge on any atom is -0.339 e. The fraction of sp³-hybridized carbons (Fsp3) is 0.250. The number of amides is 1. The molecule has 0 saturated carbocycles. The molecule has 1 atom stereocenters. The quantitative estimate of drug-likeness (QED) is 0.666. The fourth-order valence-corrected chi connectivity index (χ4v) is 3.33. The highest BCUT2D eigenvalue weighted by Gasteiger charge is 2.29. The molecule has 1 amide bonds. The Labute approximate surface area is 158 Å². The summed E-state index contributed by atoms with van der Waals surface area (Å²) in [4.78, 5) is 18.5. The van der Waals surface area contributed by atoms with Gasteiger partial charge in [0.1, 0.15) is 17.5 Å². The van der Waals surface area contributed by atoms with Crippen LogP contribution in [0.15, 0.2) is 47.0 Å². The van der Waals surface area contributed by atoms with E-state index in [1.807, 2.05) is 0 Å². The van der Waals surface area contributed by atoms with Crippen molar-refractivity contribution in [1.29, 1.82) is 0 Å². The van der Waals surface area contributed by atoms with Crippen LogP contribution in [0, 0.1) is 17.5 Å². The Morgan fingerprint density at radius 3 is 2.54 bits per heavy atom. The van der Waals surface area contributed by atoms with Gasteiger partial charge >= 0.3 is 0 Å². The van der Waals surface area contributed by atoms with Gasteiger partial charge < -0.3 is 9.42 Å². The number of carbonyl (C=O) groups excluding carboxylic acids is 1. The van der Waals surface area contributed by atoms with E-state index in [-0.39, 0.29) is 41.3 Å². The summed E-state index contributed by atoms with van der Waals surface area (Å²) in [6.07, 6.45) is 1.47. The third-order valence-electron chi connectivity index (χ3n) is 4.76. The van der Waals surface area contributed by atoms with Crippen molar-refractivity contribution in [3.05, 3.63) is 65.8 Å². The van der Waals surface area contributed by atoms with Gasteiger partial charge in [-0.25, -0.2) is 13.2 Å². The predicted octanol–water partition coefficient (Wildman–Crippen LogP) is 4.45. The Balaban J connectivity index is 1.53. The Morgan fingerprint density at radius 2 is 1.79 bits per heavy atom. The second-order valence-corrected chi connectivity index (χ2v) is 6.65. The Hall–Kier alpha value is -3.16. The maximum atomic E-state index is 13.9. The Morgan fingerprint density at radius 1 is 1.04 bits per heavy atom. The van der Waals surface area contributed by atoms with Gasteiger partial charge in [0.15, 0.2) is 0 Å². The van der Waals surface area contributed by atoms with Crippen LogP contribution in [0.3, 0.4) is 0 Å². The SMILES string of the molecule is O=C1CC(c2nc(-c3ccc(F)cc3F)no2)CCCN1c1ccc(F)cc1. The lowest BCUT2D eigenvalue weighted by Gasteiger charge is -2.20. The second-order valence-electron chi connectivity index (χ2n) is 6.65. The molecule has 144 valence electrons. The lowest BCUT2D eigenvalue weighted by Crippen LogP contribution is -2.30. The summed E-state index contributed by atoms with van der Waals surface area (Å²) in [6, 6.07) is 8.86. The molecule has 1 aromatic heterocycles. The van der Waals surface area contributed by atoms with Crippen LogP contribution in [0.25, 0.3) is 11.4 Å². The van der Waals surface area contributed by atoms with E-state index in [1.54, 1.807) is 17.0 Å². The molecule has 1 saturated heterocycles. The Bertz CT molecular complexity index is 1000. The molecule has 1 fully saturated rings. The standard InChI is InChI=1S/C20H16F3N3O2/c21-13-3-6-15(7-4-13)26-9-1-2-12(10-18(26)27)20-24-19(25-28-20)16-8-5-14(22)11-17(16)23/h3-8,11-12H,1-2,9-10H2. The molecule has 0 aliphatic carbocycles. The van der Waals surface area contributed by atoms with Gasteiger partial charge in [-0.2, -0.15) is 4.98 Å². The minimum absolute atomic E-state index is 0.0135. The van der Waals surface area contributed by atoms with Crippen molar-refractivity contribution in [2.24, 2.45) is 0 Å². The van der Waals surface area contributed by atoms with Crippen molar-refractivity contribution in [1.82, 2.24) is 10.1 Å². The molecule has 1 aliphatic rings. The first kappa shape index (κ1) is 18.2. The van der Waals surface area contributed by atoms with Gasteiger partial charge in [0.05, 0.1) is 5.56 Å². The maximum Gasteiger partial charge on any atom is 0.230 e. The highest BCUT2D eigenvalue weighted by atomic mass is 19.1. The molecule has 2 heterocycles. The van der Waals surface area contributed by atoms with E-state index in [2.05, 4.69) is 10.1 Å². The van der Waals surface area contributed by atoms with Gasteiger partial charge in [-0.1, -0.05) is 5.16 Å². The summed E-state index contributed by atoms with van der Waals surface area (Å²) in [6.45, 7) is 0.495. The number of halogens is 3. The van der Waals surface area contributed by atoms with Crippen molar-refractivity contribution in [3.63, 3.8) is 0 Å². The Kier molecular flexibility index (Phi) is 4.85. The number of rotatable bonds is 3. The molecule has 5 nitrogen and oxygen atoms in total. The van der Waals surface area contributed by atoms with Gasteiger partial charge in [0.2, 0.25) is 17.6 Å². The molecular formula is C20H16F3N3O2. The van der Waals surface area contributed by atoms with Gasteiger partial charge in [-0.05, 0) is 49.2 Å². The maximum absolute atomic E-state index is 13.9. The molecule has 4 rings (SSSR count). The van der Waals surface area contributed by atoms with Crippen molar-refractivity contribution in [3.8, 4) is 11.4 Å². The van der Waals surface area contributed by atoms with E-state index < -0.39 is 11.6 Å². The van der Waals surface area contributed by atoms with Crippen LogP contribution in [0.1, 0.15) is 31.1 Å². The van der Waals surface area contributed by atoms with E-state index in [4.69, 9.17) is 4.52 Å². The normalized spacial score (nSPS) is 17.6. The van der Waals surface area contributed by atoms with Gasteiger partial charge in [0.25, 0.3) is 0 Å². The highest BCUT2D eigenvalue weighted by Crippen LogP contribution is 2.31. The van der Waals surface area contributed by atoms with Crippen molar-refractivity contribution >= 4 is 11.6 Å². The number of anilines is 1. The largest absolute Gasteiger partial charge is 0.339 e. The second kappa shape index (κ2) is 7.46. The zero-order chi connectivity index (χ0) is 19.7. The molecule has 0 spiro atoms. The zero-order valence-corrected chi connectivity index (χ0v) is 14.7. The third-order valence-corrected chi connectivity index (χ3v) is 4.76. The number of hydrogen-bond donors (Lipinski definition) is 0. The monoisotopic (exact) mass is 387 g/mol. The molecule has 1 aliphatic heterocycles. The van der Waals surface area contributed by atoms with Crippen LogP contribution >= 0.6 is 0 Å². The van der Waals surface area contributed by atoms with Crippen molar-refractivity contribution in [2.75, 3.05) is 11.4 Å². The lowest BCUT2D eigenvalue weighted by molar-refractivity contribution is -0.118. The van der Waals surface area contributed by atoms with Gasteiger partial charge in [0, 0.05) is 30.6 Å². The van der Waals surface area contributed by atoms with Gasteiger partial charge in [-0.3, -0.25) is 4.79 Å². The van der Waals surface area contributed by atoms with Crippen molar-refractivity contribution in [2.45, 2.75) is 25.2 Å². The summed E-state index contributed by atoms with van der Waals surface area (Å²) >= 11 is 0. The molecule has 28 heavy (non-hydrogen) atoms. The first-order valence-corrected chi connectivity index (χ1v) is 8.86. The molecule has 0 N–H and O–H groups in total. The van der Waals surface area contributed by atoms with Crippen LogP contribution in [-0.4, -0.2) is 22.6 Å². The molecule has 0 radical (unpaired) electrons. The number of benzene rings is 2. The lowest BCUT2D eigenvalue weighted by atomic mass is 10.0. The molecule has 8 heteroatoms. The van der Waals surface area contributed by atoms with Crippen LogP contribution in [0.2, 0.25) is 0 Å². The third kappa shape index (κ3) is 3.62. The van der Waals surface area contributed by atoms with Crippen LogP contribution in [-0.2, 0) is 4.79 Å². The smallest absolute Gasteiger partial charge is 0.230 e. The van der Waals surface area contributed by atoms with E-state index in [0.717, 1.165) is 12.1 Å². The summed E-state index contributed by atoms with van der Waals surface area (Å²) in [5.74, 6) is -2.03. The average Bonchev–Trinajstić information content (AvgIpc) is 3.06. The summed E-state index contributed by atoms with van der Waals surface area (Å²) < 4.78 is 45.4. The van der Waals surface area contributed by atoms with E-state index >= 15 is 0 Å². The molecule has 1 unspecified atom stereocenters. The average molecular weight is 387 g/mol. The van der Waals surface area contributed by atoms with Crippen LogP contribution in [0.5, 0.6) is 0 Å². The van der Waals surface area contributed by atoms with Crippen molar-refractivity contribution < 1.29 is 22.5 Å². The fourth-order valence-electron chi connectivity index (χ4n) is 3.33. The summed E-state index contributed by atoms with van der Waals surface area (Å²) in [5, 5.41) is 3.78. The number of nitrogens with zero attached hydrogens (tertiary/aromatic N) is 3. The number of aromatic nitrogens is 2. The molecular weight excluding hydrogens is 371 g/mol. The summed E-state index contributed by atoms with van der Waals surface area (Å²) in [7, 11) is 0.